The number of hydrogen-bond acceptors (Lipinski definition) is 1. The molecule has 0 N–H and O–H groups in total. The van der Waals surface area contributed by atoms with Crippen LogP contribution in [0.5, 0.6) is 0 Å². The zero-order chi connectivity index (χ0) is 47.2. The highest BCUT2D eigenvalue weighted by Crippen LogP contribution is 2.64. The lowest BCUT2D eigenvalue weighted by molar-refractivity contribution is 0.793. The molecule has 1 aromatic heterocycles. The lowest BCUT2D eigenvalue weighted by Gasteiger charge is -2.32. The number of rotatable bonds is 7. The van der Waals surface area contributed by atoms with Gasteiger partial charge in [0.1, 0.15) is 0 Å². The normalized spacial score (nSPS) is 12.8. The molecule has 1 spiro atoms. The fraction of sp³-hybridized carbons (Fsp3) is 0.0435. The Morgan fingerprint density at radius 3 is 1.45 bits per heavy atom. The largest absolute Gasteiger partial charge is 0.311 e. The van der Waals surface area contributed by atoms with E-state index in [0.717, 1.165) is 17.1 Å². The third-order valence-corrected chi connectivity index (χ3v) is 15.3. The third kappa shape index (κ3) is 6.28. The summed E-state index contributed by atoms with van der Waals surface area (Å²) in [6.45, 7) is 4.46. The van der Waals surface area contributed by atoms with Gasteiger partial charge in [-0.25, -0.2) is 0 Å². The van der Waals surface area contributed by atoms with E-state index in [1.807, 2.05) is 0 Å². The van der Waals surface area contributed by atoms with Crippen LogP contribution >= 0.6 is 0 Å². The van der Waals surface area contributed by atoms with Crippen molar-refractivity contribution in [1.82, 2.24) is 4.57 Å². The first-order chi connectivity index (χ1) is 35.0. The smallest absolute Gasteiger partial charge is 0.0731 e. The van der Waals surface area contributed by atoms with E-state index in [-0.39, 0.29) is 0 Å². The average Bonchev–Trinajstić information content (AvgIpc) is 4.03. The van der Waals surface area contributed by atoms with Crippen molar-refractivity contribution in [1.29, 1.82) is 0 Å². The number of fused-ring (bicyclic) bond motifs is 13. The minimum atomic E-state index is -0.443. The van der Waals surface area contributed by atoms with Crippen LogP contribution in [0.2, 0.25) is 0 Å². The zero-order valence-electron chi connectivity index (χ0n) is 39.6. The summed E-state index contributed by atoms with van der Waals surface area (Å²) < 4.78 is 2.38. The molecule has 2 aliphatic carbocycles. The van der Waals surface area contributed by atoms with Crippen LogP contribution < -0.4 is 4.90 Å². The van der Waals surface area contributed by atoms with Crippen LogP contribution in [0.15, 0.2) is 255 Å². The van der Waals surface area contributed by atoms with Gasteiger partial charge in [0, 0.05) is 33.5 Å². The van der Waals surface area contributed by atoms with Crippen LogP contribution in [0.4, 0.5) is 17.1 Å². The van der Waals surface area contributed by atoms with Crippen molar-refractivity contribution < 1.29 is 0 Å². The second-order valence-corrected chi connectivity index (χ2v) is 19.4. The molecule has 2 heteroatoms. The van der Waals surface area contributed by atoms with E-state index in [1.165, 1.54) is 117 Å². The van der Waals surface area contributed by atoms with Gasteiger partial charge in [-0.05, 0) is 158 Å². The topological polar surface area (TPSA) is 8.17 Å². The highest BCUT2D eigenvalue weighted by Gasteiger charge is 2.52. The molecular weight excluding hydrogens is 857 g/mol. The van der Waals surface area contributed by atoms with Crippen LogP contribution in [0.3, 0.4) is 0 Å². The van der Waals surface area contributed by atoms with E-state index >= 15 is 0 Å². The fourth-order valence-electron chi connectivity index (χ4n) is 12.2. The maximum Gasteiger partial charge on any atom is 0.0731 e. The Morgan fingerprint density at radius 2 is 0.789 bits per heavy atom. The maximum atomic E-state index is 2.45. The Bertz CT molecular complexity index is 3980. The van der Waals surface area contributed by atoms with Crippen LogP contribution in [0, 0.1) is 13.8 Å². The Kier molecular flexibility index (Phi) is 9.28. The quantitative estimate of drug-likeness (QED) is 0.155. The number of hydrogen-bond donors (Lipinski definition) is 0. The van der Waals surface area contributed by atoms with Gasteiger partial charge >= 0.3 is 0 Å². The molecule has 0 aliphatic heterocycles. The van der Waals surface area contributed by atoms with Crippen molar-refractivity contribution in [3.8, 4) is 61.3 Å². The summed E-state index contributed by atoms with van der Waals surface area (Å²) in [5.74, 6) is 0. The first-order valence-electron chi connectivity index (χ1n) is 24.7. The first kappa shape index (κ1) is 41.0. The lowest BCUT2D eigenvalue weighted by Crippen LogP contribution is -2.27. The van der Waals surface area contributed by atoms with E-state index in [9.17, 15) is 0 Å². The van der Waals surface area contributed by atoms with Gasteiger partial charge in [-0.1, -0.05) is 199 Å². The van der Waals surface area contributed by atoms with Gasteiger partial charge in [0.15, 0.2) is 0 Å². The highest BCUT2D eigenvalue weighted by molar-refractivity contribution is 6.10. The van der Waals surface area contributed by atoms with E-state index in [0.29, 0.717) is 0 Å². The number of benzene rings is 11. The maximum absolute atomic E-state index is 2.45. The molecule has 0 radical (unpaired) electrons. The summed E-state index contributed by atoms with van der Waals surface area (Å²) in [5.41, 5.74) is 27.0. The second kappa shape index (κ2) is 16.1. The van der Waals surface area contributed by atoms with Crippen molar-refractivity contribution in [2.24, 2.45) is 0 Å². The summed E-state index contributed by atoms with van der Waals surface area (Å²) >= 11 is 0. The summed E-state index contributed by atoms with van der Waals surface area (Å²) in [5, 5.41) is 2.50. The molecule has 1 heterocycles. The number of para-hydroxylation sites is 2. The van der Waals surface area contributed by atoms with Crippen LogP contribution in [0.1, 0.15) is 33.4 Å². The SMILES string of the molecule is Cc1ccc2c(c1)C1(c3cc(C)ccc3-2)c2ccccc2-c2cccc(-c3ccc(N(c4ccc(-c5ccccc5)cc4)c4ccc(-c5ccc6c(c5)c5ccccc5n6-c5ccccc5)cc4)cc3)c21. The zero-order valence-corrected chi connectivity index (χ0v) is 39.6. The molecule has 12 aromatic rings. The Labute approximate surface area is 415 Å². The number of nitrogens with zero attached hydrogens (tertiary/aromatic N) is 2. The predicted octanol–water partition coefficient (Wildman–Crippen LogP) is 18.2. The minimum Gasteiger partial charge on any atom is -0.311 e. The molecule has 11 aromatic carbocycles. The Hall–Kier alpha value is -8.98. The molecule has 2 aliphatic rings. The number of aromatic nitrogens is 1. The molecule has 0 saturated carbocycles. The second-order valence-electron chi connectivity index (χ2n) is 19.4. The van der Waals surface area contributed by atoms with Crippen molar-refractivity contribution in [3.05, 3.63) is 288 Å². The molecule has 0 saturated heterocycles. The van der Waals surface area contributed by atoms with E-state index in [1.54, 1.807) is 0 Å². The number of anilines is 3. The predicted molar refractivity (Wildman–Crippen MR) is 298 cm³/mol. The van der Waals surface area contributed by atoms with Gasteiger partial charge in [0.25, 0.3) is 0 Å². The van der Waals surface area contributed by atoms with Crippen molar-refractivity contribution in [2.75, 3.05) is 4.90 Å². The molecule has 334 valence electrons. The van der Waals surface area contributed by atoms with Gasteiger partial charge in [-0.3, -0.25) is 0 Å². The Balaban J connectivity index is 0.886. The van der Waals surface area contributed by atoms with Crippen LogP contribution in [0.25, 0.3) is 83.1 Å². The van der Waals surface area contributed by atoms with Crippen molar-refractivity contribution >= 4 is 38.9 Å². The minimum absolute atomic E-state index is 0.443. The van der Waals surface area contributed by atoms with E-state index in [4.69, 9.17) is 0 Å². The molecule has 71 heavy (non-hydrogen) atoms. The van der Waals surface area contributed by atoms with E-state index < -0.39 is 5.41 Å². The lowest BCUT2D eigenvalue weighted by atomic mass is 9.68. The third-order valence-electron chi connectivity index (χ3n) is 15.3. The van der Waals surface area contributed by atoms with Crippen molar-refractivity contribution in [2.45, 2.75) is 19.3 Å². The highest BCUT2D eigenvalue weighted by atomic mass is 15.1. The van der Waals surface area contributed by atoms with Crippen LogP contribution in [-0.4, -0.2) is 4.57 Å². The molecule has 0 fully saturated rings. The first-order valence-corrected chi connectivity index (χ1v) is 24.7. The molecule has 2 nitrogen and oxygen atoms in total. The number of aryl methyl sites for hydroxylation is 2. The van der Waals surface area contributed by atoms with Gasteiger partial charge in [0.05, 0.1) is 16.4 Å². The summed E-state index contributed by atoms with van der Waals surface area (Å²) in [6.07, 6.45) is 0. The molecular formula is C69H48N2. The van der Waals surface area contributed by atoms with Gasteiger partial charge in [-0.2, -0.15) is 0 Å². The summed E-state index contributed by atoms with van der Waals surface area (Å²) in [7, 11) is 0. The summed E-state index contributed by atoms with van der Waals surface area (Å²) in [4.78, 5) is 2.39. The van der Waals surface area contributed by atoms with Gasteiger partial charge < -0.3 is 9.47 Å². The fourth-order valence-corrected chi connectivity index (χ4v) is 12.2. The molecule has 0 bridgehead atoms. The molecule has 0 atom stereocenters. The van der Waals surface area contributed by atoms with Gasteiger partial charge in [0.2, 0.25) is 0 Å². The Morgan fingerprint density at radius 1 is 0.310 bits per heavy atom. The molecule has 14 rings (SSSR count). The molecule has 0 unspecified atom stereocenters. The monoisotopic (exact) mass is 904 g/mol. The van der Waals surface area contributed by atoms with Crippen molar-refractivity contribution in [3.63, 3.8) is 0 Å². The van der Waals surface area contributed by atoms with Gasteiger partial charge in [-0.15, -0.1) is 0 Å². The average molecular weight is 905 g/mol. The van der Waals surface area contributed by atoms with E-state index in [2.05, 4.69) is 278 Å². The standard InChI is InChI=1S/C69H48N2/c1-45-24-39-58-59-40-25-46(2)43-65(59)69(64(58)42-45)63-22-11-9-18-57(63)61-21-13-20-56(68(61)69)50-30-37-55(38-31-50)70(53-33-26-48(27-34-53)47-14-5-3-6-15-47)54-35-28-49(29-36-54)51-32-41-67-62(44-51)60-19-10-12-23-66(60)71(67)52-16-7-4-8-17-52/h3-44H,1-2H3. The molecule has 0 amide bonds. The summed E-state index contributed by atoms with van der Waals surface area (Å²) in [6, 6.07) is 94.6. The van der Waals surface area contributed by atoms with Crippen LogP contribution in [-0.2, 0) is 5.41 Å².